The molecule has 0 saturated heterocycles. The third-order valence-corrected chi connectivity index (χ3v) is 5.12. The van der Waals surface area contributed by atoms with Gasteiger partial charge in [0.1, 0.15) is 0 Å². The highest BCUT2D eigenvalue weighted by molar-refractivity contribution is 4.86. The van der Waals surface area contributed by atoms with Crippen LogP contribution >= 0.6 is 0 Å². The van der Waals surface area contributed by atoms with E-state index in [9.17, 15) is 5.11 Å². The summed E-state index contributed by atoms with van der Waals surface area (Å²) in [5.74, 6) is 0.793. The fourth-order valence-corrected chi connectivity index (χ4v) is 3.56. The fraction of sp³-hybridized carbons (Fsp3) is 1.00. The lowest BCUT2D eigenvalue weighted by Crippen LogP contribution is -2.28. The van der Waals surface area contributed by atoms with E-state index in [0.717, 1.165) is 25.2 Å². The SMILES string of the molecule is CCCCCCCC1(O)CCCC(C(C)(C)C)CC1. The monoisotopic (exact) mass is 268 g/mol. The molecule has 1 aliphatic rings. The normalized spacial score (nSPS) is 29.2. The standard InChI is InChI=1S/C18H36O/c1-5-6-7-8-9-13-18(19)14-10-11-16(12-15-18)17(2,3)4/h16,19H,5-15H2,1-4H3. The topological polar surface area (TPSA) is 20.2 Å². The van der Waals surface area contributed by atoms with Crippen molar-refractivity contribution in [2.24, 2.45) is 11.3 Å². The van der Waals surface area contributed by atoms with Crippen molar-refractivity contribution in [2.45, 2.75) is 104 Å². The molecule has 0 amide bonds. The molecule has 0 spiro atoms. The van der Waals surface area contributed by atoms with Crippen LogP contribution < -0.4 is 0 Å². The summed E-state index contributed by atoms with van der Waals surface area (Å²) in [6.07, 6.45) is 13.4. The van der Waals surface area contributed by atoms with Crippen molar-refractivity contribution in [1.82, 2.24) is 0 Å². The summed E-state index contributed by atoms with van der Waals surface area (Å²) >= 11 is 0. The predicted molar refractivity (Wildman–Crippen MR) is 84.4 cm³/mol. The Morgan fingerprint density at radius 3 is 2.32 bits per heavy atom. The molecule has 1 nitrogen and oxygen atoms in total. The van der Waals surface area contributed by atoms with Crippen LogP contribution in [0.2, 0.25) is 0 Å². The first-order valence-electron chi connectivity index (χ1n) is 8.60. The van der Waals surface area contributed by atoms with Crippen molar-refractivity contribution in [1.29, 1.82) is 0 Å². The molecule has 0 aromatic carbocycles. The molecule has 19 heavy (non-hydrogen) atoms. The highest BCUT2D eigenvalue weighted by atomic mass is 16.3. The van der Waals surface area contributed by atoms with E-state index in [2.05, 4.69) is 27.7 Å². The second-order valence-electron chi connectivity index (χ2n) is 7.88. The molecule has 2 atom stereocenters. The van der Waals surface area contributed by atoms with Crippen LogP contribution in [0.25, 0.3) is 0 Å². The molecule has 0 aromatic heterocycles. The average Bonchev–Trinajstić information content (AvgIpc) is 2.51. The van der Waals surface area contributed by atoms with Crippen LogP contribution in [0.4, 0.5) is 0 Å². The van der Waals surface area contributed by atoms with Crippen LogP contribution in [-0.4, -0.2) is 10.7 Å². The van der Waals surface area contributed by atoms with E-state index in [1.165, 1.54) is 51.4 Å². The average molecular weight is 268 g/mol. The third kappa shape index (κ3) is 6.29. The zero-order valence-corrected chi connectivity index (χ0v) is 13.8. The smallest absolute Gasteiger partial charge is 0.0648 e. The van der Waals surface area contributed by atoms with Crippen molar-refractivity contribution < 1.29 is 5.11 Å². The van der Waals surface area contributed by atoms with E-state index in [1.807, 2.05) is 0 Å². The first-order valence-corrected chi connectivity index (χ1v) is 8.60. The minimum atomic E-state index is -0.341. The maximum atomic E-state index is 10.8. The Morgan fingerprint density at radius 1 is 1.00 bits per heavy atom. The van der Waals surface area contributed by atoms with Crippen LogP contribution in [-0.2, 0) is 0 Å². The molecule has 0 heterocycles. The second-order valence-corrected chi connectivity index (χ2v) is 7.88. The van der Waals surface area contributed by atoms with Crippen molar-refractivity contribution in [3.05, 3.63) is 0 Å². The molecule has 1 fully saturated rings. The van der Waals surface area contributed by atoms with Crippen LogP contribution in [0.1, 0.15) is 98.3 Å². The lowest BCUT2D eigenvalue weighted by atomic mass is 9.76. The first-order chi connectivity index (χ1) is 8.87. The van der Waals surface area contributed by atoms with Crippen LogP contribution in [0.3, 0.4) is 0 Å². The van der Waals surface area contributed by atoms with Gasteiger partial charge in [-0.15, -0.1) is 0 Å². The molecule has 114 valence electrons. The zero-order valence-electron chi connectivity index (χ0n) is 13.8. The van der Waals surface area contributed by atoms with E-state index in [0.29, 0.717) is 5.41 Å². The van der Waals surface area contributed by atoms with Crippen LogP contribution in [0, 0.1) is 11.3 Å². The van der Waals surface area contributed by atoms with E-state index in [-0.39, 0.29) is 5.60 Å². The molecule has 0 bridgehead atoms. The minimum absolute atomic E-state index is 0.341. The summed E-state index contributed by atoms with van der Waals surface area (Å²) in [4.78, 5) is 0. The highest BCUT2D eigenvalue weighted by Crippen LogP contribution is 2.41. The first kappa shape index (κ1) is 17.0. The van der Waals surface area contributed by atoms with Crippen molar-refractivity contribution in [3.8, 4) is 0 Å². The number of rotatable bonds is 6. The summed E-state index contributed by atoms with van der Waals surface area (Å²) in [5, 5.41) is 10.8. The predicted octanol–water partition coefficient (Wildman–Crippen LogP) is 5.70. The third-order valence-electron chi connectivity index (χ3n) is 5.12. The van der Waals surface area contributed by atoms with Gasteiger partial charge in [-0.2, -0.15) is 0 Å². The van der Waals surface area contributed by atoms with Gasteiger partial charge in [-0.3, -0.25) is 0 Å². The lowest BCUT2D eigenvalue weighted by molar-refractivity contribution is 0.0115. The molecule has 0 radical (unpaired) electrons. The summed E-state index contributed by atoms with van der Waals surface area (Å²) in [7, 11) is 0. The Bertz CT molecular complexity index is 241. The number of unbranched alkanes of at least 4 members (excludes halogenated alkanes) is 4. The van der Waals surface area contributed by atoms with Crippen molar-refractivity contribution in [3.63, 3.8) is 0 Å². The summed E-state index contributed by atoms with van der Waals surface area (Å²) in [6, 6.07) is 0. The van der Waals surface area contributed by atoms with Gasteiger partial charge in [-0.05, 0) is 43.4 Å². The van der Waals surface area contributed by atoms with E-state index < -0.39 is 0 Å². The van der Waals surface area contributed by atoms with E-state index in [4.69, 9.17) is 0 Å². The molecule has 1 aliphatic carbocycles. The summed E-state index contributed by atoms with van der Waals surface area (Å²) in [6.45, 7) is 9.32. The summed E-state index contributed by atoms with van der Waals surface area (Å²) < 4.78 is 0. The van der Waals surface area contributed by atoms with E-state index in [1.54, 1.807) is 0 Å². The van der Waals surface area contributed by atoms with Gasteiger partial charge in [0.15, 0.2) is 0 Å². The lowest BCUT2D eigenvalue weighted by Gasteiger charge is -2.31. The molecule has 1 N–H and O–H groups in total. The molecule has 2 unspecified atom stereocenters. The molecule has 1 heteroatoms. The van der Waals surface area contributed by atoms with Gasteiger partial charge in [-0.25, -0.2) is 0 Å². The van der Waals surface area contributed by atoms with Gasteiger partial charge in [-0.1, -0.05) is 66.2 Å². The van der Waals surface area contributed by atoms with Gasteiger partial charge in [0.25, 0.3) is 0 Å². The largest absolute Gasteiger partial charge is 0.390 e. The molecule has 1 rings (SSSR count). The molecular weight excluding hydrogens is 232 g/mol. The maximum absolute atomic E-state index is 10.8. The van der Waals surface area contributed by atoms with Gasteiger partial charge < -0.3 is 5.11 Å². The minimum Gasteiger partial charge on any atom is -0.390 e. The van der Waals surface area contributed by atoms with Crippen LogP contribution in [0.15, 0.2) is 0 Å². The van der Waals surface area contributed by atoms with Gasteiger partial charge in [0.05, 0.1) is 5.60 Å². The van der Waals surface area contributed by atoms with Crippen molar-refractivity contribution >= 4 is 0 Å². The van der Waals surface area contributed by atoms with E-state index >= 15 is 0 Å². The summed E-state index contributed by atoms with van der Waals surface area (Å²) in [5.41, 5.74) is 0.0680. The Labute approximate surface area is 121 Å². The molecular formula is C18H36O. The Balaban J connectivity index is 2.33. The van der Waals surface area contributed by atoms with Gasteiger partial charge in [0, 0.05) is 0 Å². The second kappa shape index (κ2) is 7.67. The quantitative estimate of drug-likeness (QED) is 0.483. The highest BCUT2D eigenvalue weighted by Gasteiger charge is 2.34. The van der Waals surface area contributed by atoms with Crippen molar-refractivity contribution in [2.75, 3.05) is 0 Å². The van der Waals surface area contributed by atoms with Crippen LogP contribution in [0.5, 0.6) is 0 Å². The number of hydrogen-bond donors (Lipinski definition) is 1. The molecule has 1 saturated carbocycles. The number of hydrogen-bond acceptors (Lipinski definition) is 1. The Kier molecular flexibility index (Phi) is 6.86. The maximum Gasteiger partial charge on any atom is 0.0648 e. The molecule has 0 aliphatic heterocycles. The zero-order chi connectivity index (χ0) is 14.4. The fourth-order valence-electron chi connectivity index (χ4n) is 3.56. The Hall–Kier alpha value is -0.0400. The van der Waals surface area contributed by atoms with Gasteiger partial charge in [0.2, 0.25) is 0 Å². The van der Waals surface area contributed by atoms with Gasteiger partial charge >= 0.3 is 0 Å². The molecule has 0 aromatic rings. The Morgan fingerprint density at radius 2 is 1.68 bits per heavy atom. The number of aliphatic hydroxyl groups is 1.